The smallest absolute Gasteiger partial charge is 0.265 e. The van der Waals surface area contributed by atoms with Crippen molar-refractivity contribution in [3.63, 3.8) is 0 Å². The molecule has 0 radical (unpaired) electrons. The summed E-state index contributed by atoms with van der Waals surface area (Å²) in [6.07, 6.45) is 6.09. The average Bonchev–Trinajstić information content (AvgIpc) is 2.33. The maximum Gasteiger partial charge on any atom is 0.265 e. The molecule has 4 heteroatoms. The van der Waals surface area contributed by atoms with Crippen LogP contribution in [0.4, 0.5) is 0 Å². The van der Waals surface area contributed by atoms with E-state index in [0.29, 0.717) is 10.6 Å². The molecule has 1 fully saturated rings. The van der Waals surface area contributed by atoms with Crippen LogP contribution in [0.2, 0.25) is 5.02 Å². The van der Waals surface area contributed by atoms with E-state index in [1.54, 1.807) is 24.3 Å². The molecule has 0 bridgehead atoms. The molecule has 3 nitrogen and oxygen atoms in total. The van der Waals surface area contributed by atoms with E-state index in [2.05, 4.69) is 17.4 Å². The summed E-state index contributed by atoms with van der Waals surface area (Å²) in [5.74, 6) is -0.137. The van der Waals surface area contributed by atoms with Gasteiger partial charge in [-0.1, -0.05) is 17.7 Å². The van der Waals surface area contributed by atoms with Gasteiger partial charge in [-0.05, 0) is 49.9 Å². The van der Waals surface area contributed by atoms with Crippen LogP contribution in [0.15, 0.2) is 36.9 Å². The lowest BCUT2D eigenvalue weighted by Gasteiger charge is -2.42. The van der Waals surface area contributed by atoms with Crippen LogP contribution in [0.5, 0.6) is 0 Å². The molecule has 0 spiro atoms. The quantitative estimate of drug-likeness (QED) is 0.634. The van der Waals surface area contributed by atoms with Gasteiger partial charge in [-0.2, -0.15) is 0 Å². The fourth-order valence-corrected chi connectivity index (χ4v) is 2.25. The zero-order valence-corrected chi connectivity index (χ0v) is 11.0. The van der Waals surface area contributed by atoms with Crippen LogP contribution in [0.25, 0.3) is 0 Å². The van der Waals surface area contributed by atoms with Crippen LogP contribution in [-0.4, -0.2) is 11.4 Å². The number of rotatable bonds is 5. The number of amides is 1. The molecule has 1 amide bonds. The molecule has 2 N–H and O–H groups in total. The number of hydrogen-bond acceptors (Lipinski definition) is 2. The largest absolute Gasteiger partial charge is 0.287 e. The van der Waals surface area contributed by atoms with Crippen molar-refractivity contribution in [2.24, 2.45) is 0 Å². The predicted molar refractivity (Wildman–Crippen MR) is 73.4 cm³/mol. The van der Waals surface area contributed by atoms with Crippen molar-refractivity contribution in [2.75, 3.05) is 0 Å². The van der Waals surface area contributed by atoms with Crippen LogP contribution >= 0.6 is 11.6 Å². The fourth-order valence-electron chi connectivity index (χ4n) is 2.12. The van der Waals surface area contributed by atoms with Crippen LogP contribution in [0.1, 0.15) is 36.0 Å². The molecule has 1 aliphatic rings. The van der Waals surface area contributed by atoms with Gasteiger partial charge in [0.1, 0.15) is 0 Å². The van der Waals surface area contributed by atoms with Crippen LogP contribution in [0, 0.1) is 0 Å². The summed E-state index contributed by atoms with van der Waals surface area (Å²) in [5, 5.41) is 0.627. The number of benzene rings is 1. The van der Waals surface area contributed by atoms with E-state index in [1.807, 2.05) is 6.08 Å². The Balaban J connectivity index is 1.91. The summed E-state index contributed by atoms with van der Waals surface area (Å²) < 4.78 is 0. The van der Waals surface area contributed by atoms with E-state index < -0.39 is 0 Å². The number of hydrogen-bond donors (Lipinski definition) is 2. The highest BCUT2D eigenvalue weighted by Crippen LogP contribution is 2.34. The zero-order chi connectivity index (χ0) is 13.0. The highest BCUT2D eigenvalue weighted by molar-refractivity contribution is 6.30. The molecule has 0 unspecified atom stereocenters. The molecule has 0 atom stereocenters. The third-order valence-corrected chi connectivity index (χ3v) is 3.65. The summed E-state index contributed by atoms with van der Waals surface area (Å²) in [6.45, 7) is 3.76. The lowest BCUT2D eigenvalue weighted by atomic mass is 9.75. The molecule has 0 aromatic heterocycles. The maximum absolute atomic E-state index is 11.9. The molecule has 1 aromatic carbocycles. The first-order chi connectivity index (χ1) is 8.65. The minimum atomic E-state index is -0.137. The summed E-state index contributed by atoms with van der Waals surface area (Å²) >= 11 is 5.78. The molecule has 1 aromatic rings. The Hall–Kier alpha value is -1.32. The van der Waals surface area contributed by atoms with Gasteiger partial charge in [0.2, 0.25) is 0 Å². The first kappa shape index (κ1) is 13.1. The highest BCUT2D eigenvalue weighted by Gasteiger charge is 2.35. The third-order valence-electron chi connectivity index (χ3n) is 3.39. The molecule has 1 saturated carbocycles. The summed E-state index contributed by atoms with van der Waals surface area (Å²) in [7, 11) is 0. The van der Waals surface area contributed by atoms with Crippen LogP contribution in [0.3, 0.4) is 0 Å². The van der Waals surface area contributed by atoms with Gasteiger partial charge in [0.25, 0.3) is 5.91 Å². The van der Waals surface area contributed by atoms with Crippen LogP contribution in [-0.2, 0) is 0 Å². The summed E-state index contributed by atoms with van der Waals surface area (Å²) in [4.78, 5) is 11.9. The van der Waals surface area contributed by atoms with Gasteiger partial charge in [0.15, 0.2) is 0 Å². The molecule has 0 aliphatic heterocycles. The van der Waals surface area contributed by atoms with E-state index in [1.165, 1.54) is 6.42 Å². The lowest BCUT2D eigenvalue weighted by molar-refractivity contribution is 0.0853. The van der Waals surface area contributed by atoms with Gasteiger partial charge in [-0.3, -0.25) is 10.2 Å². The molecule has 1 aliphatic carbocycles. The van der Waals surface area contributed by atoms with Crippen molar-refractivity contribution < 1.29 is 4.79 Å². The predicted octanol–water partition coefficient (Wildman–Crippen LogP) is 3.07. The summed E-state index contributed by atoms with van der Waals surface area (Å²) in [6, 6.07) is 6.83. The van der Waals surface area contributed by atoms with E-state index in [-0.39, 0.29) is 11.4 Å². The third kappa shape index (κ3) is 2.92. The number of hydrazine groups is 1. The summed E-state index contributed by atoms with van der Waals surface area (Å²) in [5.41, 5.74) is 6.51. The van der Waals surface area contributed by atoms with Crippen LogP contribution < -0.4 is 10.9 Å². The molecule has 96 valence electrons. The van der Waals surface area contributed by atoms with Crippen molar-refractivity contribution >= 4 is 17.5 Å². The van der Waals surface area contributed by atoms with Gasteiger partial charge in [0.05, 0.1) is 0 Å². The van der Waals surface area contributed by atoms with Gasteiger partial charge in [-0.15, -0.1) is 6.58 Å². The molecule has 2 rings (SSSR count). The minimum Gasteiger partial charge on any atom is -0.287 e. The fraction of sp³-hybridized carbons (Fsp3) is 0.357. The second-order valence-electron chi connectivity index (χ2n) is 4.71. The highest BCUT2D eigenvalue weighted by atomic mass is 35.5. The first-order valence-electron chi connectivity index (χ1n) is 6.09. The minimum absolute atomic E-state index is 0.00380. The second kappa shape index (κ2) is 5.55. The molecule has 0 saturated heterocycles. The Labute approximate surface area is 112 Å². The van der Waals surface area contributed by atoms with Crippen molar-refractivity contribution in [3.05, 3.63) is 47.5 Å². The van der Waals surface area contributed by atoms with Crippen molar-refractivity contribution in [1.29, 1.82) is 0 Å². The number of carbonyl (C=O) groups is 1. The van der Waals surface area contributed by atoms with Crippen molar-refractivity contribution in [2.45, 2.75) is 31.2 Å². The van der Waals surface area contributed by atoms with Gasteiger partial charge in [-0.25, -0.2) is 5.43 Å². The number of nitrogens with one attached hydrogen (secondary N) is 2. The monoisotopic (exact) mass is 264 g/mol. The van der Waals surface area contributed by atoms with E-state index in [9.17, 15) is 4.79 Å². The van der Waals surface area contributed by atoms with Crippen molar-refractivity contribution in [3.8, 4) is 0 Å². The average molecular weight is 265 g/mol. The Morgan fingerprint density at radius 3 is 2.56 bits per heavy atom. The van der Waals surface area contributed by atoms with Crippen molar-refractivity contribution in [1.82, 2.24) is 10.9 Å². The van der Waals surface area contributed by atoms with E-state index in [0.717, 1.165) is 19.3 Å². The molecule has 18 heavy (non-hydrogen) atoms. The van der Waals surface area contributed by atoms with Gasteiger partial charge >= 0.3 is 0 Å². The Kier molecular flexibility index (Phi) is 4.04. The Morgan fingerprint density at radius 2 is 2.06 bits per heavy atom. The number of carbonyl (C=O) groups excluding carboxylic acids is 1. The maximum atomic E-state index is 11.9. The lowest BCUT2D eigenvalue weighted by Crippen LogP contribution is -2.57. The first-order valence-corrected chi connectivity index (χ1v) is 6.47. The topological polar surface area (TPSA) is 41.1 Å². The number of halogens is 1. The molecular formula is C14H17ClN2O. The SMILES string of the molecule is C=CCC1(NNC(=O)c2ccc(Cl)cc2)CCC1. The zero-order valence-electron chi connectivity index (χ0n) is 10.2. The van der Waals surface area contributed by atoms with E-state index in [4.69, 9.17) is 11.6 Å². The van der Waals surface area contributed by atoms with Gasteiger partial charge in [0, 0.05) is 16.1 Å². The Morgan fingerprint density at radius 1 is 1.39 bits per heavy atom. The Bertz CT molecular complexity index is 438. The van der Waals surface area contributed by atoms with E-state index >= 15 is 0 Å². The molecule has 0 heterocycles. The normalized spacial score (nSPS) is 16.7. The second-order valence-corrected chi connectivity index (χ2v) is 5.15. The van der Waals surface area contributed by atoms with Gasteiger partial charge < -0.3 is 0 Å². The standard InChI is InChI=1S/C14H17ClN2O/c1-2-8-14(9-3-10-14)17-16-13(18)11-4-6-12(15)7-5-11/h2,4-7,17H,1,3,8-10H2,(H,16,18). The molecular weight excluding hydrogens is 248 g/mol.